The van der Waals surface area contributed by atoms with Crippen LogP contribution in [0, 0.1) is 0 Å². The molecule has 0 N–H and O–H groups in total. The van der Waals surface area contributed by atoms with Crippen molar-refractivity contribution >= 4 is 60.8 Å². The van der Waals surface area contributed by atoms with E-state index in [9.17, 15) is 19.8 Å². The van der Waals surface area contributed by atoms with Crippen molar-refractivity contribution in [2.75, 3.05) is 0 Å². The van der Waals surface area contributed by atoms with Crippen molar-refractivity contribution in [2.24, 2.45) is 0 Å². The van der Waals surface area contributed by atoms with E-state index >= 15 is 0 Å². The summed E-state index contributed by atoms with van der Waals surface area (Å²) < 4.78 is 0. The monoisotopic (exact) mass is 358 g/mol. The fourth-order valence-corrected chi connectivity index (χ4v) is 1.77. The van der Waals surface area contributed by atoms with E-state index in [1.54, 1.807) is 25.1 Å². The number of aliphatic carboxylic acids is 2. The van der Waals surface area contributed by atoms with Crippen LogP contribution in [0.1, 0.15) is 25.3 Å². The minimum absolute atomic E-state index is 0. The fourth-order valence-electron chi connectivity index (χ4n) is 1.77. The first kappa shape index (κ1) is 16.7. The van der Waals surface area contributed by atoms with E-state index in [2.05, 4.69) is 0 Å². The molecule has 1 aromatic rings. The number of benzene rings is 1. The average molecular weight is 358 g/mol. The Morgan fingerprint density at radius 3 is 1.94 bits per heavy atom. The number of hydrogen-bond donors (Lipinski definition) is 0. The van der Waals surface area contributed by atoms with Crippen molar-refractivity contribution in [1.82, 2.24) is 0 Å². The Morgan fingerprint density at radius 2 is 1.59 bits per heavy atom. The van der Waals surface area contributed by atoms with Crippen LogP contribution in [-0.4, -0.2) is 60.8 Å². The van der Waals surface area contributed by atoms with Crippen molar-refractivity contribution in [2.45, 2.75) is 25.2 Å². The summed E-state index contributed by atoms with van der Waals surface area (Å²) in [7, 11) is 0. The van der Waals surface area contributed by atoms with E-state index in [-0.39, 0.29) is 60.9 Å². The maximum absolute atomic E-state index is 11.1. The van der Waals surface area contributed by atoms with Crippen LogP contribution in [0.4, 0.5) is 0 Å². The molecule has 1 rings (SSSR count). The first-order valence-electron chi connectivity index (χ1n) is 5.04. The van der Waals surface area contributed by atoms with E-state index in [4.69, 9.17) is 0 Å². The van der Waals surface area contributed by atoms with Gasteiger partial charge in [-0.2, -0.15) is 0 Å². The van der Waals surface area contributed by atoms with Crippen LogP contribution in [0.5, 0.6) is 0 Å². The molecule has 0 saturated carbocycles. The molecule has 0 fully saturated rings. The molecule has 0 aliphatic heterocycles. The molecule has 0 aromatic heterocycles. The molecule has 0 heterocycles. The number of carboxylic acids is 2. The second kappa shape index (κ2) is 7.23. The number of hydrogen-bond acceptors (Lipinski definition) is 4. The molecule has 17 heavy (non-hydrogen) atoms. The molecular formula is C12H12BaO4. The normalized spacial score (nSPS) is 10.4. The zero-order valence-electron chi connectivity index (χ0n) is 9.64. The molecule has 0 aliphatic carbocycles. The Bertz CT molecular complexity index is 375. The first-order valence-corrected chi connectivity index (χ1v) is 5.04. The second-order valence-electron chi connectivity index (χ2n) is 3.60. The van der Waals surface area contributed by atoms with Gasteiger partial charge >= 0.3 is 48.9 Å². The Kier molecular flexibility index (Phi) is 7.11. The zero-order valence-corrected chi connectivity index (χ0v) is 14.1. The minimum atomic E-state index is -2.05. The summed E-state index contributed by atoms with van der Waals surface area (Å²) >= 11 is 0. The van der Waals surface area contributed by atoms with Gasteiger partial charge in [-0.3, -0.25) is 0 Å². The third-order valence-electron chi connectivity index (χ3n) is 2.59. The van der Waals surface area contributed by atoms with Gasteiger partial charge < -0.3 is 19.8 Å². The van der Waals surface area contributed by atoms with E-state index in [1.807, 2.05) is 0 Å². The van der Waals surface area contributed by atoms with Crippen LogP contribution in [0.25, 0.3) is 0 Å². The molecule has 0 unspecified atom stereocenters. The summed E-state index contributed by atoms with van der Waals surface area (Å²) in [5.41, 5.74) is -1.85. The van der Waals surface area contributed by atoms with Crippen LogP contribution in [0.15, 0.2) is 30.3 Å². The average Bonchev–Trinajstić information content (AvgIpc) is 2.26. The first-order chi connectivity index (χ1) is 7.55. The Hall–Kier alpha value is -0.269. The topological polar surface area (TPSA) is 80.3 Å². The van der Waals surface area contributed by atoms with Crippen molar-refractivity contribution in [3.8, 4) is 0 Å². The molecule has 1 aromatic carbocycles. The summed E-state index contributed by atoms with van der Waals surface area (Å²) in [4.78, 5) is 22.2. The van der Waals surface area contributed by atoms with Gasteiger partial charge in [0.25, 0.3) is 0 Å². The van der Waals surface area contributed by atoms with Crippen molar-refractivity contribution in [1.29, 1.82) is 0 Å². The second-order valence-corrected chi connectivity index (χ2v) is 3.60. The molecule has 4 nitrogen and oxygen atoms in total. The summed E-state index contributed by atoms with van der Waals surface area (Å²) in [6, 6.07) is 7.78. The van der Waals surface area contributed by atoms with Gasteiger partial charge in [0.2, 0.25) is 0 Å². The Balaban J connectivity index is 0.00000256. The summed E-state index contributed by atoms with van der Waals surface area (Å²) in [6.07, 6.45) is 0.374. The maximum atomic E-state index is 11.1. The number of carbonyl (C=O) groups is 2. The van der Waals surface area contributed by atoms with Gasteiger partial charge in [0.1, 0.15) is 0 Å². The minimum Gasteiger partial charge on any atom is -0.549 e. The van der Waals surface area contributed by atoms with Crippen LogP contribution in [0.3, 0.4) is 0 Å². The van der Waals surface area contributed by atoms with Crippen LogP contribution in [0.2, 0.25) is 0 Å². The maximum Gasteiger partial charge on any atom is 2.00 e. The summed E-state index contributed by atoms with van der Waals surface area (Å²) in [5, 5.41) is 22.2. The molecule has 0 atom stereocenters. The third kappa shape index (κ3) is 3.36. The van der Waals surface area contributed by atoms with Crippen LogP contribution >= 0.6 is 0 Å². The van der Waals surface area contributed by atoms with Crippen molar-refractivity contribution in [3.05, 3.63) is 35.9 Å². The van der Waals surface area contributed by atoms with Crippen LogP contribution in [-0.2, 0) is 15.0 Å². The SMILES string of the molecule is CCCC(C(=O)[O-])(C(=O)[O-])c1ccccc1.[Ba+2]. The zero-order chi connectivity index (χ0) is 12.2. The molecule has 0 bridgehead atoms. The predicted molar refractivity (Wildman–Crippen MR) is 58.8 cm³/mol. The third-order valence-corrected chi connectivity index (χ3v) is 2.59. The van der Waals surface area contributed by atoms with Gasteiger partial charge in [-0.05, 0) is 12.0 Å². The van der Waals surface area contributed by atoms with E-state index in [1.165, 1.54) is 12.1 Å². The molecule has 0 saturated heterocycles. The Morgan fingerprint density at radius 1 is 1.12 bits per heavy atom. The fraction of sp³-hybridized carbons (Fsp3) is 0.333. The van der Waals surface area contributed by atoms with Gasteiger partial charge in [0.15, 0.2) is 0 Å². The van der Waals surface area contributed by atoms with E-state index in [0.29, 0.717) is 6.42 Å². The van der Waals surface area contributed by atoms with Gasteiger partial charge in [0, 0.05) is 0 Å². The standard InChI is InChI=1S/C12H14O4.Ba/c1-2-8-12(10(13)14,11(15)16)9-6-4-3-5-7-9;/h3-7H,2,8H2,1H3,(H,13,14)(H,15,16);/q;+2/p-2. The number of carboxylic acid groups (broad SMARTS) is 2. The van der Waals surface area contributed by atoms with E-state index in [0.717, 1.165) is 0 Å². The largest absolute Gasteiger partial charge is 2.00 e. The molecule has 0 aliphatic rings. The van der Waals surface area contributed by atoms with Gasteiger partial charge in [-0.25, -0.2) is 0 Å². The van der Waals surface area contributed by atoms with Crippen LogP contribution < -0.4 is 10.2 Å². The molecular weight excluding hydrogens is 345 g/mol. The predicted octanol–water partition coefficient (Wildman–Crippen LogP) is -1.16. The molecule has 86 valence electrons. The summed E-state index contributed by atoms with van der Waals surface area (Å²) in [5.74, 6) is -3.25. The van der Waals surface area contributed by atoms with Gasteiger partial charge in [0.05, 0.1) is 17.4 Å². The van der Waals surface area contributed by atoms with Gasteiger partial charge in [-0.15, -0.1) is 0 Å². The number of carbonyl (C=O) groups excluding carboxylic acids is 2. The quantitative estimate of drug-likeness (QED) is 0.492. The Labute approximate surface area is 140 Å². The molecule has 5 heteroatoms. The summed E-state index contributed by atoms with van der Waals surface area (Å²) in [6.45, 7) is 1.71. The number of rotatable bonds is 5. The molecule has 0 spiro atoms. The van der Waals surface area contributed by atoms with Crippen molar-refractivity contribution < 1.29 is 19.8 Å². The smallest absolute Gasteiger partial charge is 0.549 e. The van der Waals surface area contributed by atoms with Gasteiger partial charge in [-0.1, -0.05) is 43.7 Å². The van der Waals surface area contributed by atoms with Crippen molar-refractivity contribution in [3.63, 3.8) is 0 Å². The van der Waals surface area contributed by atoms with E-state index < -0.39 is 17.4 Å². The molecule has 0 amide bonds. The molecule has 0 radical (unpaired) electrons.